The van der Waals surface area contributed by atoms with E-state index in [-0.39, 0.29) is 0 Å². The van der Waals surface area contributed by atoms with E-state index in [1.54, 1.807) is 23.5 Å². The molecule has 3 aromatic rings. The van der Waals surface area contributed by atoms with Gasteiger partial charge in [0.15, 0.2) is 6.20 Å². The van der Waals surface area contributed by atoms with Crippen LogP contribution in [0.5, 0.6) is 0 Å². The van der Waals surface area contributed by atoms with Crippen LogP contribution in [0, 0.1) is 5.21 Å². The summed E-state index contributed by atoms with van der Waals surface area (Å²) >= 11 is 3.19. The number of aryl methyl sites for hydroxylation is 2. The fourth-order valence-corrected chi connectivity index (χ4v) is 5.19. The van der Waals surface area contributed by atoms with E-state index >= 15 is 0 Å². The van der Waals surface area contributed by atoms with E-state index < -0.39 is 0 Å². The van der Waals surface area contributed by atoms with Crippen molar-refractivity contribution < 1.29 is 4.73 Å². The topological polar surface area (TPSA) is 78.7 Å². The van der Waals surface area contributed by atoms with E-state index in [0.29, 0.717) is 22.4 Å². The molecule has 0 spiro atoms. The van der Waals surface area contributed by atoms with Gasteiger partial charge in [-0.25, -0.2) is 9.97 Å². The summed E-state index contributed by atoms with van der Waals surface area (Å²) in [5.41, 5.74) is 7.62. The molecule has 7 heteroatoms. The minimum atomic E-state index is 0.537. The van der Waals surface area contributed by atoms with Crippen molar-refractivity contribution in [1.82, 2.24) is 9.97 Å². The molecule has 3 heterocycles. The van der Waals surface area contributed by atoms with Gasteiger partial charge in [-0.3, -0.25) is 0 Å². The number of anilines is 1. The summed E-state index contributed by atoms with van der Waals surface area (Å²) in [6.07, 6.45) is 7.44. The average Bonchev–Trinajstić information content (AvgIpc) is 2.76. The predicted molar refractivity (Wildman–Crippen MR) is 98.0 cm³/mol. The lowest BCUT2D eigenvalue weighted by molar-refractivity contribution is -0.645. The van der Waals surface area contributed by atoms with Crippen molar-refractivity contribution >= 4 is 39.1 Å². The van der Waals surface area contributed by atoms with E-state index in [4.69, 9.17) is 10.7 Å². The van der Waals surface area contributed by atoms with Gasteiger partial charge in [-0.2, -0.15) is 4.73 Å². The minimum Gasteiger partial charge on any atom is -0.618 e. The second kappa shape index (κ2) is 6.57. The van der Waals surface area contributed by atoms with Crippen molar-refractivity contribution in [2.24, 2.45) is 0 Å². The number of nitrogen functional groups attached to an aromatic ring is 1. The van der Waals surface area contributed by atoms with Crippen LogP contribution >= 0.6 is 23.1 Å². The van der Waals surface area contributed by atoms with Gasteiger partial charge in [0.05, 0.1) is 11.1 Å². The molecule has 124 valence electrons. The molecule has 0 saturated heterocycles. The van der Waals surface area contributed by atoms with Gasteiger partial charge < -0.3 is 10.9 Å². The first-order chi connectivity index (χ1) is 11.7. The Morgan fingerprint density at radius 1 is 1.21 bits per heavy atom. The fourth-order valence-electron chi connectivity index (χ4n) is 3.14. The Hall–Kier alpha value is -1.86. The van der Waals surface area contributed by atoms with E-state index in [0.717, 1.165) is 27.8 Å². The number of pyridine rings is 1. The smallest absolute Gasteiger partial charge is 0.251 e. The number of rotatable bonds is 3. The lowest BCUT2D eigenvalue weighted by Crippen LogP contribution is -2.27. The monoisotopic (exact) mass is 358 g/mol. The second-order valence-electron chi connectivity index (χ2n) is 5.92. The molecule has 4 rings (SSSR count). The molecule has 0 aromatic carbocycles. The highest BCUT2D eigenvalue weighted by molar-refractivity contribution is 7.98. The van der Waals surface area contributed by atoms with Gasteiger partial charge >= 0.3 is 0 Å². The van der Waals surface area contributed by atoms with E-state index in [1.165, 1.54) is 47.7 Å². The van der Waals surface area contributed by atoms with E-state index in [2.05, 4.69) is 4.98 Å². The second-order valence-corrected chi connectivity index (χ2v) is 8.00. The first-order valence-electron chi connectivity index (χ1n) is 8.10. The molecule has 0 atom stereocenters. The molecule has 0 radical (unpaired) electrons. The van der Waals surface area contributed by atoms with Crippen molar-refractivity contribution in [2.45, 2.75) is 42.9 Å². The number of hydrogen-bond donors (Lipinski definition) is 1. The fraction of sp³-hybridized carbons (Fsp3) is 0.353. The van der Waals surface area contributed by atoms with Gasteiger partial charge in [-0.05, 0) is 49.1 Å². The molecule has 2 N–H and O–H groups in total. The summed E-state index contributed by atoms with van der Waals surface area (Å²) < 4.78 is 0.861. The summed E-state index contributed by atoms with van der Waals surface area (Å²) in [5.74, 6) is 1.80. The third kappa shape index (κ3) is 2.93. The normalized spacial score (nSPS) is 14.5. The number of nitrogens with zero attached hydrogens (tertiary/aromatic N) is 3. The molecular weight excluding hydrogens is 340 g/mol. The Morgan fingerprint density at radius 3 is 2.96 bits per heavy atom. The van der Waals surface area contributed by atoms with Crippen molar-refractivity contribution in [3.05, 3.63) is 45.9 Å². The summed E-state index contributed by atoms with van der Waals surface area (Å²) in [4.78, 5) is 11.6. The molecule has 3 aromatic heterocycles. The molecule has 0 unspecified atom stereocenters. The van der Waals surface area contributed by atoms with Gasteiger partial charge in [0.2, 0.25) is 0 Å². The highest BCUT2D eigenvalue weighted by Crippen LogP contribution is 2.37. The van der Waals surface area contributed by atoms with E-state index in [1.807, 2.05) is 6.07 Å². The summed E-state index contributed by atoms with van der Waals surface area (Å²) in [6.45, 7) is 0. The first-order valence-corrected chi connectivity index (χ1v) is 9.90. The van der Waals surface area contributed by atoms with Crippen molar-refractivity contribution in [1.29, 1.82) is 0 Å². The summed E-state index contributed by atoms with van der Waals surface area (Å²) in [7, 11) is 0. The first kappa shape index (κ1) is 15.7. The number of nitrogens with two attached hydrogens (primary N) is 1. The lowest BCUT2D eigenvalue weighted by Gasteiger charge is -2.05. The van der Waals surface area contributed by atoms with Crippen LogP contribution in [0.1, 0.15) is 35.5 Å². The number of hydrogen-bond acceptors (Lipinski definition) is 6. The maximum atomic E-state index is 11.7. The number of thiophene rings is 1. The molecule has 1 aliphatic carbocycles. The maximum Gasteiger partial charge on any atom is 0.251 e. The highest BCUT2D eigenvalue weighted by atomic mass is 32.2. The van der Waals surface area contributed by atoms with Crippen LogP contribution in [0.2, 0.25) is 0 Å². The molecule has 0 saturated carbocycles. The Labute approximate surface area is 148 Å². The number of thioether (sulfide) groups is 1. The molecular formula is C17H18N4OS2. The Morgan fingerprint density at radius 2 is 2.08 bits per heavy atom. The molecule has 0 fully saturated rings. The van der Waals surface area contributed by atoms with Crippen LogP contribution < -0.4 is 10.5 Å². The predicted octanol–water partition coefficient (Wildman–Crippen LogP) is 3.47. The maximum absolute atomic E-state index is 11.7. The van der Waals surface area contributed by atoms with Gasteiger partial charge in [-0.1, -0.05) is 6.42 Å². The zero-order chi connectivity index (χ0) is 16.5. The third-order valence-corrected chi connectivity index (χ3v) is 6.48. The molecule has 5 nitrogen and oxygen atoms in total. The SMILES string of the molecule is Nc1nc(CSc2cccc[n+]2[O-])nc2sc3c(c12)CCCCC3. The number of fused-ring (bicyclic) bond motifs is 3. The van der Waals surface area contributed by atoms with Crippen LogP contribution in [-0.2, 0) is 18.6 Å². The molecule has 0 aliphatic heterocycles. The van der Waals surface area contributed by atoms with Crippen LogP contribution in [0.15, 0.2) is 29.4 Å². The number of aromatic nitrogens is 3. The van der Waals surface area contributed by atoms with Gasteiger partial charge in [0, 0.05) is 17.0 Å². The quantitative estimate of drug-likeness (QED) is 0.336. The van der Waals surface area contributed by atoms with Crippen LogP contribution in [-0.4, -0.2) is 9.97 Å². The zero-order valence-electron chi connectivity index (χ0n) is 13.2. The van der Waals surface area contributed by atoms with Crippen molar-refractivity contribution in [3.63, 3.8) is 0 Å². The van der Waals surface area contributed by atoms with Crippen LogP contribution in [0.25, 0.3) is 10.2 Å². The van der Waals surface area contributed by atoms with Gasteiger partial charge in [-0.15, -0.1) is 11.3 Å². The summed E-state index contributed by atoms with van der Waals surface area (Å²) in [5, 5.41) is 13.4. The minimum absolute atomic E-state index is 0.537. The van der Waals surface area contributed by atoms with Crippen LogP contribution in [0.4, 0.5) is 5.82 Å². The largest absolute Gasteiger partial charge is 0.618 e. The average molecular weight is 358 g/mol. The Kier molecular flexibility index (Phi) is 4.28. The van der Waals surface area contributed by atoms with Crippen molar-refractivity contribution in [3.8, 4) is 0 Å². The molecule has 1 aliphatic rings. The third-order valence-electron chi connectivity index (χ3n) is 4.28. The van der Waals surface area contributed by atoms with Gasteiger partial charge in [0.1, 0.15) is 16.5 Å². The molecule has 0 bridgehead atoms. The molecule has 24 heavy (non-hydrogen) atoms. The Bertz CT molecular complexity index is 894. The van der Waals surface area contributed by atoms with E-state index in [9.17, 15) is 5.21 Å². The van der Waals surface area contributed by atoms with Gasteiger partial charge in [0.25, 0.3) is 5.03 Å². The zero-order valence-corrected chi connectivity index (χ0v) is 14.8. The highest BCUT2D eigenvalue weighted by Gasteiger charge is 2.19. The van der Waals surface area contributed by atoms with Crippen LogP contribution in [0.3, 0.4) is 0 Å². The lowest BCUT2D eigenvalue weighted by atomic mass is 10.1. The standard InChI is InChI=1S/C17H18N4OS2/c18-16-15-11-6-2-1-3-7-12(11)24-17(15)20-13(19-16)10-23-14-8-4-5-9-21(14)22/h4-5,8-9H,1-3,6-7,10H2,(H2,18,19,20). The Balaban J connectivity index is 1.64. The molecule has 0 amide bonds. The van der Waals surface area contributed by atoms with Crippen molar-refractivity contribution in [2.75, 3.05) is 5.73 Å². The summed E-state index contributed by atoms with van der Waals surface area (Å²) in [6, 6.07) is 5.37.